The topological polar surface area (TPSA) is 47.0 Å². The van der Waals surface area contributed by atoms with Crippen molar-refractivity contribution in [1.82, 2.24) is 4.98 Å². The van der Waals surface area contributed by atoms with E-state index in [9.17, 15) is 9.59 Å². The van der Waals surface area contributed by atoms with Crippen molar-refractivity contribution in [1.29, 1.82) is 0 Å². The number of benzene rings is 1. The number of carbonyl (C=O) groups excluding carboxylic acids is 2. The van der Waals surface area contributed by atoms with E-state index in [1.54, 1.807) is 0 Å². The van der Waals surface area contributed by atoms with E-state index in [0.717, 1.165) is 60.2 Å². The maximum atomic E-state index is 13.8. The maximum Gasteiger partial charge on any atom is 0.195 e. The number of pyridine rings is 1. The predicted octanol–water partition coefficient (Wildman–Crippen LogP) is 6.56. The fourth-order valence-electron chi connectivity index (χ4n) is 5.28. The number of hydrogen-bond acceptors (Lipinski definition) is 3. The Morgan fingerprint density at radius 3 is 2.30 bits per heavy atom. The first-order chi connectivity index (χ1) is 14.2. The molecule has 0 atom stereocenters. The van der Waals surface area contributed by atoms with Gasteiger partial charge in [-0.15, -0.1) is 0 Å². The minimum absolute atomic E-state index is 0.0218. The van der Waals surface area contributed by atoms with Crippen LogP contribution in [0.1, 0.15) is 120 Å². The summed E-state index contributed by atoms with van der Waals surface area (Å²) in [5, 5.41) is 0. The minimum Gasteiger partial charge on any atom is -0.294 e. The summed E-state index contributed by atoms with van der Waals surface area (Å²) in [6.45, 7) is 10.5. The molecule has 3 heteroatoms. The quantitative estimate of drug-likeness (QED) is 0.543. The van der Waals surface area contributed by atoms with Gasteiger partial charge in [0.25, 0.3) is 0 Å². The number of rotatable bonds is 4. The molecule has 1 aromatic heterocycles. The number of aryl methyl sites for hydroxylation is 1. The van der Waals surface area contributed by atoms with E-state index >= 15 is 0 Å². The molecular weight excluding hydrogens is 370 g/mol. The van der Waals surface area contributed by atoms with E-state index in [2.05, 4.69) is 27.7 Å². The summed E-state index contributed by atoms with van der Waals surface area (Å²) in [7, 11) is 0. The average Bonchev–Trinajstić information content (AvgIpc) is 3.20. The van der Waals surface area contributed by atoms with Crippen molar-refractivity contribution in [2.75, 3.05) is 0 Å². The van der Waals surface area contributed by atoms with Gasteiger partial charge in [-0.25, -0.2) is 0 Å². The van der Waals surface area contributed by atoms with E-state index in [-0.39, 0.29) is 28.8 Å². The molecule has 3 nitrogen and oxygen atoms in total. The molecule has 2 aliphatic carbocycles. The zero-order chi connectivity index (χ0) is 21.6. The first-order valence-electron chi connectivity index (χ1n) is 11.4. The third-order valence-electron chi connectivity index (χ3n) is 6.75. The molecule has 0 saturated heterocycles. The van der Waals surface area contributed by atoms with Crippen LogP contribution in [0.4, 0.5) is 0 Å². The van der Waals surface area contributed by atoms with Crippen LogP contribution in [0.15, 0.2) is 24.3 Å². The number of fused-ring (bicyclic) bond motifs is 1. The van der Waals surface area contributed by atoms with Gasteiger partial charge in [0.05, 0.1) is 11.4 Å². The number of carbonyl (C=O) groups is 2. The Bertz CT molecular complexity index is 993. The van der Waals surface area contributed by atoms with E-state index in [1.165, 1.54) is 0 Å². The first kappa shape index (κ1) is 21.0. The van der Waals surface area contributed by atoms with Crippen molar-refractivity contribution in [3.63, 3.8) is 0 Å². The van der Waals surface area contributed by atoms with E-state index in [1.807, 2.05) is 31.2 Å². The zero-order valence-electron chi connectivity index (χ0n) is 19.0. The standard InChI is InChI=1S/C27H33NO2/c1-16(2)25-24(26(30)19-12-10-17(3)11-13-19)22(18-8-6-7-9-18)23-20(28-25)14-27(4,5)15-21(23)29/h10-13,16,18H,6-9,14-15H2,1-5H3. The summed E-state index contributed by atoms with van der Waals surface area (Å²) in [5.41, 5.74) is 6.04. The van der Waals surface area contributed by atoms with Gasteiger partial charge in [0.15, 0.2) is 11.6 Å². The van der Waals surface area contributed by atoms with Gasteiger partial charge in [0.2, 0.25) is 0 Å². The van der Waals surface area contributed by atoms with Crippen LogP contribution in [0.25, 0.3) is 0 Å². The van der Waals surface area contributed by atoms with Crippen molar-refractivity contribution in [2.24, 2.45) is 5.41 Å². The minimum atomic E-state index is -0.0826. The van der Waals surface area contributed by atoms with Crippen molar-refractivity contribution >= 4 is 11.6 Å². The molecule has 0 amide bonds. The fraction of sp³-hybridized carbons (Fsp3) is 0.519. The van der Waals surface area contributed by atoms with E-state index < -0.39 is 0 Å². The second kappa shape index (κ2) is 7.76. The van der Waals surface area contributed by atoms with Crippen molar-refractivity contribution < 1.29 is 9.59 Å². The molecule has 2 aliphatic rings. The SMILES string of the molecule is Cc1ccc(C(=O)c2c(C(C)C)nc3c(c2C2CCCC2)C(=O)CC(C)(C)C3)cc1. The Morgan fingerprint density at radius 1 is 1.07 bits per heavy atom. The molecule has 1 heterocycles. The molecule has 158 valence electrons. The Labute approximate surface area is 180 Å². The molecule has 1 aromatic carbocycles. The largest absolute Gasteiger partial charge is 0.294 e. The number of nitrogens with zero attached hydrogens (tertiary/aromatic N) is 1. The molecule has 1 fully saturated rings. The Hall–Kier alpha value is -2.29. The van der Waals surface area contributed by atoms with Crippen LogP contribution in [0.2, 0.25) is 0 Å². The lowest BCUT2D eigenvalue weighted by molar-refractivity contribution is 0.0908. The van der Waals surface area contributed by atoms with Crippen molar-refractivity contribution in [3.8, 4) is 0 Å². The molecule has 0 bridgehead atoms. The second-order valence-corrected chi connectivity index (χ2v) is 10.4. The fourth-order valence-corrected chi connectivity index (χ4v) is 5.28. The summed E-state index contributed by atoms with van der Waals surface area (Å²) in [6, 6.07) is 7.78. The summed E-state index contributed by atoms with van der Waals surface area (Å²) in [4.78, 5) is 32.2. The van der Waals surface area contributed by atoms with Gasteiger partial charge in [0, 0.05) is 23.1 Å². The summed E-state index contributed by atoms with van der Waals surface area (Å²) in [5.74, 6) is 0.603. The smallest absolute Gasteiger partial charge is 0.195 e. The number of ketones is 2. The normalized spacial score (nSPS) is 18.7. The highest BCUT2D eigenvalue weighted by Gasteiger charge is 2.39. The van der Waals surface area contributed by atoms with Crippen molar-refractivity contribution in [3.05, 3.63) is 63.5 Å². The second-order valence-electron chi connectivity index (χ2n) is 10.4. The molecule has 0 unspecified atom stereocenters. The highest BCUT2D eigenvalue weighted by molar-refractivity contribution is 6.13. The molecule has 2 aromatic rings. The Balaban J connectivity index is 2.00. The summed E-state index contributed by atoms with van der Waals surface area (Å²) in [6.07, 6.45) is 5.76. The van der Waals surface area contributed by atoms with E-state index in [0.29, 0.717) is 17.5 Å². The van der Waals surface area contributed by atoms with Crippen LogP contribution in [0, 0.1) is 12.3 Å². The van der Waals surface area contributed by atoms with Gasteiger partial charge in [0.1, 0.15) is 0 Å². The van der Waals surface area contributed by atoms with Gasteiger partial charge in [-0.2, -0.15) is 0 Å². The van der Waals surface area contributed by atoms with Crippen LogP contribution in [-0.2, 0) is 6.42 Å². The monoisotopic (exact) mass is 403 g/mol. The van der Waals surface area contributed by atoms with Crippen LogP contribution in [0.5, 0.6) is 0 Å². The number of hydrogen-bond donors (Lipinski definition) is 0. The van der Waals surface area contributed by atoms with Crippen LogP contribution in [-0.4, -0.2) is 16.6 Å². The maximum absolute atomic E-state index is 13.8. The van der Waals surface area contributed by atoms with Gasteiger partial charge in [-0.3, -0.25) is 14.6 Å². The van der Waals surface area contributed by atoms with Crippen LogP contribution in [0.3, 0.4) is 0 Å². The lowest BCUT2D eigenvalue weighted by atomic mass is 9.71. The van der Waals surface area contributed by atoms with E-state index in [4.69, 9.17) is 4.98 Å². The van der Waals surface area contributed by atoms with Gasteiger partial charge in [-0.05, 0) is 49.0 Å². The summed E-state index contributed by atoms with van der Waals surface area (Å²) >= 11 is 0. The predicted molar refractivity (Wildman–Crippen MR) is 121 cm³/mol. The van der Waals surface area contributed by atoms with Crippen LogP contribution < -0.4 is 0 Å². The molecular formula is C27H33NO2. The van der Waals surface area contributed by atoms with Gasteiger partial charge < -0.3 is 0 Å². The third-order valence-corrected chi connectivity index (χ3v) is 6.75. The van der Waals surface area contributed by atoms with Crippen LogP contribution >= 0.6 is 0 Å². The lowest BCUT2D eigenvalue weighted by Crippen LogP contribution is -2.31. The summed E-state index contributed by atoms with van der Waals surface area (Å²) < 4.78 is 0. The lowest BCUT2D eigenvalue weighted by Gasteiger charge is -2.33. The number of Topliss-reactive ketones (excluding diaryl/α,β-unsaturated/α-hetero) is 1. The highest BCUT2D eigenvalue weighted by Crippen LogP contribution is 2.45. The third kappa shape index (κ3) is 3.75. The molecule has 0 N–H and O–H groups in total. The molecule has 4 rings (SSSR count). The van der Waals surface area contributed by atoms with Gasteiger partial charge >= 0.3 is 0 Å². The molecule has 0 radical (unpaired) electrons. The number of aromatic nitrogens is 1. The first-order valence-corrected chi connectivity index (χ1v) is 11.4. The molecule has 0 spiro atoms. The van der Waals surface area contributed by atoms with Gasteiger partial charge in [-0.1, -0.05) is 70.4 Å². The molecule has 30 heavy (non-hydrogen) atoms. The highest BCUT2D eigenvalue weighted by atomic mass is 16.1. The zero-order valence-corrected chi connectivity index (χ0v) is 19.0. The average molecular weight is 404 g/mol. The molecule has 0 aliphatic heterocycles. The van der Waals surface area contributed by atoms with Crippen molar-refractivity contribution in [2.45, 2.75) is 85.0 Å². The Morgan fingerprint density at radius 2 is 1.70 bits per heavy atom. The molecule has 1 saturated carbocycles. The Kier molecular flexibility index (Phi) is 5.42.